The molecule has 7 nitrogen and oxygen atoms in total. The van der Waals surface area contributed by atoms with Gasteiger partial charge in [-0.05, 0) is 25.5 Å². The molecular weight excluding hydrogens is 354 g/mol. The molecule has 152 valence electrons. The zero-order valence-corrected chi connectivity index (χ0v) is 16.8. The van der Waals surface area contributed by atoms with E-state index < -0.39 is 0 Å². The summed E-state index contributed by atoms with van der Waals surface area (Å²) in [7, 11) is 0. The van der Waals surface area contributed by atoms with Gasteiger partial charge in [-0.15, -0.1) is 0 Å². The maximum Gasteiger partial charge on any atom is 0.241 e. The Bertz CT molecular complexity index is 674. The fraction of sp³-hybridized carbons (Fsp3) is 0.619. The number of piperazine rings is 1. The fourth-order valence-electron chi connectivity index (χ4n) is 3.77. The van der Waals surface area contributed by atoms with Crippen LogP contribution in [0, 0.1) is 11.3 Å². The van der Waals surface area contributed by atoms with E-state index in [1.54, 1.807) is 18.2 Å². The Hall–Kier alpha value is -1.98. The van der Waals surface area contributed by atoms with Crippen molar-refractivity contribution in [1.82, 2.24) is 14.7 Å². The van der Waals surface area contributed by atoms with E-state index in [0.29, 0.717) is 11.3 Å². The van der Waals surface area contributed by atoms with E-state index in [0.717, 1.165) is 72.0 Å². The first-order valence-electron chi connectivity index (χ1n) is 10.2. The van der Waals surface area contributed by atoms with Crippen LogP contribution in [0.15, 0.2) is 24.3 Å². The Labute approximate surface area is 167 Å². The molecule has 3 rings (SSSR count). The first kappa shape index (κ1) is 20.7. The third-order valence-electron chi connectivity index (χ3n) is 5.69. The maximum absolute atomic E-state index is 12.6. The van der Waals surface area contributed by atoms with Gasteiger partial charge < -0.3 is 10.1 Å². The molecule has 1 aromatic rings. The Morgan fingerprint density at radius 3 is 2.57 bits per heavy atom. The van der Waals surface area contributed by atoms with Crippen molar-refractivity contribution in [1.29, 1.82) is 5.26 Å². The van der Waals surface area contributed by atoms with Gasteiger partial charge in [-0.25, -0.2) is 0 Å². The molecule has 0 spiro atoms. The van der Waals surface area contributed by atoms with Crippen molar-refractivity contribution in [3.63, 3.8) is 0 Å². The monoisotopic (exact) mass is 385 g/mol. The molecule has 0 radical (unpaired) electrons. The van der Waals surface area contributed by atoms with E-state index in [4.69, 9.17) is 4.74 Å². The molecule has 0 aromatic heterocycles. The third kappa shape index (κ3) is 5.76. The van der Waals surface area contributed by atoms with Crippen LogP contribution in [-0.4, -0.2) is 92.2 Å². The van der Waals surface area contributed by atoms with Crippen LogP contribution in [0.1, 0.15) is 18.9 Å². The van der Waals surface area contributed by atoms with Gasteiger partial charge in [0.05, 0.1) is 23.9 Å². The summed E-state index contributed by atoms with van der Waals surface area (Å²) in [5.74, 6) is -0.0549. The van der Waals surface area contributed by atoms with E-state index in [1.165, 1.54) is 0 Å². The average molecular weight is 386 g/mol. The SMILES string of the molecule is C[C@@H](C(=O)Nc1ccccc1C#N)N1CCN(CCN2CCCOCC2)CC1. The van der Waals surface area contributed by atoms with E-state index >= 15 is 0 Å². The summed E-state index contributed by atoms with van der Waals surface area (Å²) in [4.78, 5) is 19.8. The molecule has 2 aliphatic heterocycles. The first-order valence-corrected chi connectivity index (χ1v) is 10.2. The van der Waals surface area contributed by atoms with Gasteiger partial charge in [-0.1, -0.05) is 12.1 Å². The van der Waals surface area contributed by atoms with Crippen LogP contribution >= 0.6 is 0 Å². The van der Waals surface area contributed by atoms with E-state index in [9.17, 15) is 10.1 Å². The molecule has 2 saturated heterocycles. The fourth-order valence-corrected chi connectivity index (χ4v) is 3.77. The number of anilines is 1. The number of carbonyl (C=O) groups is 1. The van der Waals surface area contributed by atoms with Crippen molar-refractivity contribution in [3.05, 3.63) is 29.8 Å². The summed E-state index contributed by atoms with van der Waals surface area (Å²) >= 11 is 0. The van der Waals surface area contributed by atoms with Crippen LogP contribution < -0.4 is 5.32 Å². The molecule has 2 fully saturated rings. The number of para-hydroxylation sites is 1. The predicted octanol–water partition coefficient (Wildman–Crippen LogP) is 1.23. The highest BCUT2D eigenvalue weighted by molar-refractivity contribution is 5.95. The third-order valence-corrected chi connectivity index (χ3v) is 5.69. The Morgan fingerprint density at radius 2 is 1.82 bits per heavy atom. The van der Waals surface area contributed by atoms with Gasteiger partial charge in [0.15, 0.2) is 0 Å². The highest BCUT2D eigenvalue weighted by atomic mass is 16.5. The van der Waals surface area contributed by atoms with Gasteiger partial charge in [-0.2, -0.15) is 5.26 Å². The lowest BCUT2D eigenvalue weighted by atomic mass is 10.1. The normalized spacial score (nSPS) is 20.9. The zero-order chi connectivity index (χ0) is 19.8. The Balaban J connectivity index is 1.42. The zero-order valence-electron chi connectivity index (χ0n) is 16.8. The summed E-state index contributed by atoms with van der Waals surface area (Å²) in [6.45, 7) is 11.7. The average Bonchev–Trinajstić information content (AvgIpc) is 3.01. The van der Waals surface area contributed by atoms with Crippen LogP contribution in [0.25, 0.3) is 0 Å². The van der Waals surface area contributed by atoms with Crippen LogP contribution in [0.5, 0.6) is 0 Å². The number of nitrogens with one attached hydrogen (secondary N) is 1. The lowest BCUT2D eigenvalue weighted by Crippen LogP contribution is -2.53. The minimum absolute atomic E-state index is 0.0549. The summed E-state index contributed by atoms with van der Waals surface area (Å²) in [5, 5.41) is 12.1. The second-order valence-corrected chi connectivity index (χ2v) is 7.51. The number of benzene rings is 1. The molecule has 1 atom stereocenters. The summed E-state index contributed by atoms with van der Waals surface area (Å²) < 4.78 is 5.52. The largest absolute Gasteiger partial charge is 0.380 e. The first-order chi connectivity index (χ1) is 13.7. The molecule has 28 heavy (non-hydrogen) atoms. The smallest absolute Gasteiger partial charge is 0.241 e. The lowest BCUT2D eigenvalue weighted by Gasteiger charge is -2.38. The van der Waals surface area contributed by atoms with Crippen molar-refractivity contribution in [3.8, 4) is 6.07 Å². The molecule has 7 heteroatoms. The van der Waals surface area contributed by atoms with E-state index in [1.807, 2.05) is 13.0 Å². The quantitative estimate of drug-likeness (QED) is 0.794. The molecule has 0 bridgehead atoms. The molecule has 0 unspecified atom stereocenters. The van der Waals surface area contributed by atoms with Gasteiger partial charge in [0.1, 0.15) is 6.07 Å². The maximum atomic E-state index is 12.6. The second kappa shape index (κ2) is 10.5. The molecular formula is C21H31N5O2. The second-order valence-electron chi connectivity index (χ2n) is 7.51. The number of ether oxygens (including phenoxy) is 1. The van der Waals surface area contributed by atoms with Crippen molar-refractivity contribution in [2.75, 3.05) is 70.9 Å². The molecule has 0 saturated carbocycles. The van der Waals surface area contributed by atoms with E-state index in [2.05, 4.69) is 26.1 Å². The summed E-state index contributed by atoms with van der Waals surface area (Å²) in [6, 6.07) is 9.03. The number of nitrogens with zero attached hydrogens (tertiary/aromatic N) is 4. The highest BCUT2D eigenvalue weighted by Gasteiger charge is 2.26. The molecule has 2 heterocycles. The lowest BCUT2D eigenvalue weighted by molar-refractivity contribution is -0.121. The number of carbonyl (C=O) groups excluding carboxylic acids is 1. The van der Waals surface area contributed by atoms with Gasteiger partial charge in [0.25, 0.3) is 0 Å². The number of hydrogen-bond donors (Lipinski definition) is 1. The Kier molecular flexibility index (Phi) is 7.80. The van der Waals surface area contributed by atoms with Crippen LogP contribution in [0.4, 0.5) is 5.69 Å². The van der Waals surface area contributed by atoms with Crippen molar-refractivity contribution < 1.29 is 9.53 Å². The van der Waals surface area contributed by atoms with Crippen molar-refractivity contribution >= 4 is 11.6 Å². The number of rotatable bonds is 6. The molecule has 1 aromatic carbocycles. The predicted molar refractivity (Wildman–Crippen MR) is 109 cm³/mol. The van der Waals surface area contributed by atoms with Gasteiger partial charge in [0, 0.05) is 59.0 Å². The Morgan fingerprint density at radius 1 is 1.11 bits per heavy atom. The standard InChI is InChI=1S/C21H31N5O2/c1-18(21(27)23-20-6-3-2-5-19(20)17-22)26-12-10-25(11-13-26)9-8-24-7-4-15-28-16-14-24/h2-3,5-6,18H,4,7-16H2,1H3,(H,23,27)/t18-/m0/s1. The minimum atomic E-state index is -0.211. The van der Waals surface area contributed by atoms with Crippen LogP contribution in [0.2, 0.25) is 0 Å². The summed E-state index contributed by atoms with van der Waals surface area (Å²) in [6.07, 6.45) is 1.12. The number of nitriles is 1. The molecule has 0 aliphatic carbocycles. The van der Waals surface area contributed by atoms with Crippen molar-refractivity contribution in [2.45, 2.75) is 19.4 Å². The number of amides is 1. The van der Waals surface area contributed by atoms with Crippen LogP contribution in [-0.2, 0) is 9.53 Å². The topological polar surface area (TPSA) is 71.8 Å². The summed E-state index contributed by atoms with van der Waals surface area (Å²) in [5.41, 5.74) is 1.08. The van der Waals surface area contributed by atoms with Gasteiger partial charge in [-0.3, -0.25) is 19.5 Å². The van der Waals surface area contributed by atoms with Crippen LogP contribution in [0.3, 0.4) is 0 Å². The van der Waals surface area contributed by atoms with Gasteiger partial charge >= 0.3 is 0 Å². The minimum Gasteiger partial charge on any atom is -0.380 e. The van der Waals surface area contributed by atoms with E-state index in [-0.39, 0.29) is 11.9 Å². The molecule has 1 amide bonds. The number of hydrogen-bond acceptors (Lipinski definition) is 6. The highest BCUT2D eigenvalue weighted by Crippen LogP contribution is 2.15. The molecule has 1 N–H and O–H groups in total. The molecule has 2 aliphatic rings. The van der Waals surface area contributed by atoms with Gasteiger partial charge in [0.2, 0.25) is 5.91 Å². The van der Waals surface area contributed by atoms with Crippen molar-refractivity contribution in [2.24, 2.45) is 0 Å².